The molecule has 0 aliphatic heterocycles. The van der Waals surface area contributed by atoms with E-state index in [1.54, 1.807) is 11.3 Å². The van der Waals surface area contributed by atoms with E-state index in [9.17, 15) is 0 Å². The van der Waals surface area contributed by atoms with Crippen molar-refractivity contribution in [3.63, 3.8) is 0 Å². The zero-order valence-electron chi connectivity index (χ0n) is 11.4. The third-order valence-corrected chi connectivity index (χ3v) is 4.98. The Hall–Kier alpha value is -0.900. The second-order valence-corrected chi connectivity index (χ2v) is 6.70. The summed E-state index contributed by atoms with van der Waals surface area (Å²) < 4.78 is 0. The average Bonchev–Trinajstić information content (AvgIpc) is 3.11. The molecule has 1 fully saturated rings. The van der Waals surface area contributed by atoms with Gasteiger partial charge in [0.25, 0.3) is 0 Å². The molecular weight excluding hydrogens is 288 g/mol. The topological polar surface area (TPSA) is 24.9 Å². The summed E-state index contributed by atoms with van der Waals surface area (Å²) in [5.74, 6) is 0. The number of nitrogens with zero attached hydrogens (tertiary/aromatic N) is 1. The molecule has 106 valence electrons. The van der Waals surface area contributed by atoms with Crippen molar-refractivity contribution in [2.24, 2.45) is 0 Å². The van der Waals surface area contributed by atoms with Crippen LogP contribution in [0.25, 0.3) is 11.3 Å². The lowest BCUT2D eigenvalue weighted by Gasteiger charge is -2.10. The molecule has 2 aromatic rings. The maximum atomic E-state index is 5.91. The molecule has 0 unspecified atom stereocenters. The van der Waals surface area contributed by atoms with Crippen LogP contribution >= 0.6 is 22.9 Å². The Kier molecular flexibility index (Phi) is 4.71. The minimum atomic E-state index is 0.741. The van der Waals surface area contributed by atoms with E-state index in [-0.39, 0.29) is 0 Å². The number of hydrogen-bond acceptors (Lipinski definition) is 3. The van der Waals surface area contributed by atoms with Crippen molar-refractivity contribution in [1.82, 2.24) is 10.3 Å². The summed E-state index contributed by atoms with van der Waals surface area (Å²) in [5, 5.41) is 7.75. The maximum absolute atomic E-state index is 5.91. The molecule has 1 N–H and O–H groups in total. The van der Waals surface area contributed by atoms with Gasteiger partial charge in [-0.2, -0.15) is 0 Å². The van der Waals surface area contributed by atoms with Crippen LogP contribution in [-0.4, -0.2) is 17.6 Å². The fraction of sp³-hybridized carbons (Fsp3) is 0.438. The zero-order valence-corrected chi connectivity index (χ0v) is 13.0. The van der Waals surface area contributed by atoms with E-state index < -0.39 is 0 Å². The molecular formula is C16H19ClN2S. The van der Waals surface area contributed by atoms with Crippen LogP contribution in [0.2, 0.25) is 5.02 Å². The van der Waals surface area contributed by atoms with Gasteiger partial charge in [0.05, 0.1) is 10.7 Å². The quantitative estimate of drug-likeness (QED) is 0.877. The number of benzene rings is 1. The number of nitrogens with one attached hydrogen (secondary N) is 1. The average molecular weight is 307 g/mol. The van der Waals surface area contributed by atoms with Crippen LogP contribution < -0.4 is 5.32 Å². The number of hydrogen-bond donors (Lipinski definition) is 1. The normalized spacial score (nSPS) is 15.8. The van der Waals surface area contributed by atoms with Gasteiger partial charge in [0, 0.05) is 35.0 Å². The van der Waals surface area contributed by atoms with Gasteiger partial charge < -0.3 is 5.32 Å². The highest BCUT2D eigenvalue weighted by atomic mass is 35.5. The number of halogens is 1. The van der Waals surface area contributed by atoms with Crippen molar-refractivity contribution < 1.29 is 0 Å². The van der Waals surface area contributed by atoms with E-state index in [1.807, 2.05) is 24.3 Å². The molecule has 0 saturated heterocycles. The van der Waals surface area contributed by atoms with E-state index in [1.165, 1.54) is 30.7 Å². The van der Waals surface area contributed by atoms with Crippen LogP contribution in [0.1, 0.15) is 30.7 Å². The van der Waals surface area contributed by atoms with E-state index in [4.69, 9.17) is 16.6 Å². The van der Waals surface area contributed by atoms with Gasteiger partial charge in [-0.15, -0.1) is 11.3 Å². The molecule has 3 rings (SSSR count). The van der Waals surface area contributed by atoms with Crippen LogP contribution in [-0.2, 0) is 6.42 Å². The third kappa shape index (κ3) is 3.60. The molecule has 4 heteroatoms. The lowest BCUT2D eigenvalue weighted by molar-refractivity contribution is 0.527. The molecule has 1 aliphatic carbocycles. The second kappa shape index (κ2) is 6.70. The maximum Gasteiger partial charge on any atom is 0.0945 e. The van der Waals surface area contributed by atoms with Gasteiger partial charge in [-0.3, -0.25) is 0 Å². The molecule has 1 aromatic carbocycles. The Balaban J connectivity index is 1.55. The third-order valence-electron chi connectivity index (χ3n) is 3.82. The number of aromatic nitrogens is 1. The summed E-state index contributed by atoms with van der Waals surface area (Å²) in [7, 11) is 0. The highest BCUT2D eigenvalue weighted by Crippen LogP contribution is 2.24. The van der Waals surface area contributed by atoms with E-state index in [0.29, 0.717) is 0 Å². The summed E-state index contributed by atoms with van der Waals surface area (Å²) in [4.78, 5) is 4.71. The van der Waals surface area contributed by atoms with Crippen LogP contribution in [0.3, 0.4) is 0 Å². The SMILES string of the molecule is Clc1ccc(-c2csc(CCNC3CCCC3)n2)cc1. The smallest absolute Gasteiger partial charge is 0.0945 e. The first kappa shape index (κ1) is 14.1. The van der Waals surface area contributed by atoms with Gasteiger partial charge in [0.15, 0.2) is 0 Å². The predicted octanol–water partition coefficient (Wildman–Crippen LogP) is 4.54. The molecule has 0 amide bonds. The van der Waals surface area contributed by atoms with Crippen molar-refractivity contribution in [2.45, 2.75) is 38.1 Å². The molecule has 0 bridgehead atoms. The van der Waals surface area contributed by atoms with Crippen LogP contribution in [0, 0.1) is 0 Å². The van der Waals surface area contributed by atoms with Crippen molar-refractivity contribution in [1.29, 1.82) is 0 Å². The van der Waals surface area contributed by atoms with Crippen LogP contribution in [0.5, 0.6) is 0 Å². The van der Waals surface area contributed by atoms with Crippen LogP contribution in [0.4, 0.5) is 0 Å². The van der Waals surface area contributed by atoms with Gasteiger partial charge in [0.2, 0.25) is 0 Å². The molecule has 1 saturated carbocycles. The highest BCUT2D eigenvalue weighted by Gasteiger charge is 2.13. The number of thiazole rings is 1. The van der Waals surface area contributed by atoms with Gasteiger partial charge in [0.1, 0.15) is 0 Å². The molecule has 1 aliphatic rings. The van der Waals surface area contributed by atoms with Gasteiger partial charge in [-0.1, -0.05) is 36.6 Å². The Bertz CT molecular complexity index is 544. The summed E-state index contributed by atoms with van der Waals surface area (Å²) in [6.45, 7) is 1.04. The summed E-state index contributed by atoms with van der Waals surface area (Å²) in [5.41, 5.74) is 2.20. The molecule has 1 aromatic heterocycles. The Morgan fingerprint density at radius 3 is 2.70 bits per heavy atom. The molecule has 2 nitrogen and oxygen atoms in total. The minimum absolute atomic E-state index is 0.741. The number of rotatable bonds is 5. The Morgan fingerprint density at radius 1 is 1.20 bits per heavy atom. The van der Waals surface area contributed by atoms with Gasteiger partial charge in [-0.05, 0) is 25.0 Å². The zero-order chi connectivity index (χ0) is 13.8. The van der Waals surface area contributed by atoms with E-state index in [2.05, 4.69) is 10.7 Å². The highest BCUT2D eigenvalue weighted by molar-refractivity contribution is 7.09. The summed E-state index contributed by atoms with van der Waals surface area (Å²) in [6.07, 6.45) is 6.47. The lowest BCUT2D eigenvalue weighted by Crippen LogP contribution is -2.27. The Labute approximate surface area is 129 Å². The first-order valence-corrected chi connectivity index (χ1v) is 8.51. The molecule has 0 atom stereocenters. The van der Waals surface area contributed by atoms with Gasteiger partial charge >= 0.3 is 0 Å². The fourth-order valence-corrected chi connectivity index (χ4v) is 3.63. The van der Waals surface area contributed by atoms with Crippen molar-refractivity contribution in [3.8, 4) is 11.3 Å². The van der Waals surface area contributed by atoms with Gasteiger partial charge in [-0.25, -0.2) is 4.98 Å². The van der Waals surface area contributed by atoms with Crippen LogP contribution in [0.15, 0.2) is 29.6 Å². The fourth-order valence-electron chi connectivity index (χ4n) is 2.69. The van der Waals surface area contributed by atoms with E-state index in [0.717, 1.165) is 35.3 Å². The molecule has 0 radical (unpaired) electrons. The van der Waals surface area contributed by atoms with Crippen molar-refractivity contribution in [3.05, 3.63) is 39.7 Å². The van der Waals surface area contributed by atoms with Crippen molar-refractivity contribution in [2.75, 3.05) is 6.54 Å². The monoisotopic (exact) mass is 306 g/mol. The minimum Gasteiger partial charge on any atom is -0.314 e. The predicted molar refractivity (Wildman–Crippen MR) is 86.5 cm³/mol. The molecule has 20 heavy (non-hydrogen) atoms. The Morgan fingerprint density at radius 2 is 1.95 bits per heavy atom. The first-order valence-electron chi connectivity index (χ1n) is 7.25. The largest absolute Gasteiger partial charge is 0.314 e. The lowest BCUT2D eigenvalue weighted by atomic mass is 10.2. The second-order valence-electron chi connectivity index (χ2n) is 5.32. The first-order chi connectivity index (χ1) is 9.81. The molecule has 0 spiro atoms. The van der Waals surface area contributed by atoms with E-state index >= 15 is 0 Å². The van der Waals surface area contributed by atoms with Crippen molar-refractivity contribution >= 4 is 22.9 Å². The molecule has 1 heterocycles. The summed E-state index contributed by atoms with van der Waals surface area (Å²) >= 11 is 7.66. The standard InChI is InChI=1S/C16H19ClN2S/c17-13-7-5-12(6-8-13)15-11-20-16(19-15)9-10-18-14-3-1-2-4-14/h5-8,11,14,18H,1-4,9-10H2. The summed E-state index contributed by atoms with van der Waals surface area (Å²) in [6, 6.07) is 8.62.